The van der Waals surface area contributed by atoms with Crippen LogP contribution in [0.15, 0.2) is 71.6 Å². The Hall–Kier alpha value is -3.82. The highest BCUT2D eigenvalue weighted by molar-refractivity contribution is 7.89. The van der Waals surface area contributed by atoms with Crippen molar-refractivity contribution in [3.63, 3.8) is 0 Å². The lowest BCUT2D eigenvalue weighted by molar-refractivity contribution is 0.0925. The number of rotatable bonds is 8. The van der Waals surface area contributed by atoms with E-state index >= 15 is 0 Å². The van der Waals surface area contributed by atoms with Crippen LogP contribution in [0.3, 0.4) is 0 Å². The van der Waals surface area contributed by atoms with Crippen molar-refractivity contribution in [2.45, 2.75) is 31.6 Å². The van der Waals surface area contributed by atoms with Crippen molar-refractivity contribution in [2.75, 3.05) is 16.8 Å². The molecule has 180 valence electrons. The number of amides is 3. The van der Waals surface area contributed by atoms with Crippen LogP contribution in [0.1, 0.15) is 56.4 Å². The fourth-order valence-electron chi connectivity index (χ4n) is 3.83. The lowest BCUT2D eigenvalue weighted by Crippen LogP contribution is -2.29. The van der Waals surface area contributed by atoms with Gasteiger partial charge in [-0.25, -0.2) is 18.0 Å². The van der Waals surface area contributed by atoms with Crippen molar-refractivity contribution in [1.29, 1.82) is 0 Å². The number of para-hydroxylation sites is 1. The molecule has 35 heavy (non-hydrogen) atoms. The van der Waals surface area contributed by atoms with E-state index < -0.39 is 27.7 Å². The molecule has 9 heteroatoms. The number of carbonyl (C=O) groups excluding carboxylic acids is 3. The maximum absolute atomic E-state index is 13.1. The van der Waals surface area contributed by atoms with E-state index in [-0.39, 0.29) is 27.3 Å². The van der Waals surface area contributed by atoms with Gasteiger partial charge < -0.3 is 5.32 Å². The normalized spacial score (nSPS) is 13.1. The number of sulfonamides is 1. The van der Waals surface area contributed by atoms with Gasteiger partial charge in [0.1, 0.15) is 0 Å². The summed E-state index contributed by atoms with van der Waals surface area (Å²) in [5.74, 6) is -1.48. The van der Waals surface area contributed by atoms with Crippen molar-refractivity contribution >= 4 is 39.1 Å². The summed E-state index contributed by atoms with van der Waals surface area (Å²) in [6, 6.07) is 17.3. The van der Waals surface area contributed by atoms with E-state index in [1.165, 1.54) is 36.4 Å². The first-order valence-electron chi connectivity index (χ1n) is 11.2. The van der Waals surface area contributed by atoms with Gasteiger partial charge in [-0.2, -0.15) is 0 Å². The highest BCUT2D eigenvalue weighted by Gasteiger charge is 2.37. The molecule has 0 atom stereocenters. The van der Waals surface area contributed by atoms with Gasteiger partial charge in [-0.3, -0.25) is 14.4 Å². The average Bonchev–Trinajstić information content (AvgIpc) is 3.09. The molecule has 0 unspecified atom stereocenters. The Morgan fingerprint density at radius 1 is 0.914 bits per heavy atom. The molecule has 1 heterocycles. The first-order chi connectivity index (χ1) is 16.7. The van der Waals surface area contributed by atoms with E-state index in [9.17, 15) is 22.8 Å². The van der Waals surface area contributed by atoms with E-state index in [0.29, 0.717) is 12.2 Å². The van der Waals surface area contributed by atoms with Crippen LogP contribution in [0.5, 0.6) is 0 Å². The summed E-state index contributed by atoms with van der Waals surface area (Å²) in [7, 11) is -3.70. The fraction of sp³-hybridized carbons (Fsp3) is 0.192. The predicted molar refractivity (Wildman–Crippen MR) is 133 cm³/mol. The number of nitrogens with zero attached hydrogens (tertiary/aromatic N) is 1. The van der Waals surface area contributed by atoms with Crippen molar-refractivity contribution in [3.05, 3.63) is 89.0 Å². The van der Waals surface area contributed by atoms with Gasteiger partial charge in [0.05, 0.1) is 21.7 Å². The number of hydrogen-bond acceptors (Lipinski definition) is 5. The van der Waals surface area contributed by atoms with Gasteiger partial charge in [-0.15, -0.1) is 0 Å². The minimum atomic E-state index is -3.70. The molecule has 8 nitrogen and oxygen atoms in total. The Labute approximate surface area is 204 Å². The molecule has 0 bridgehead atoms. The van der Waals surface area contributed by atoms with E-state index in [1.54, 1.807) is 18.2 Å². The zero-order valence-electron chi connectivity index (χ0n) is 19.4. The third-order valence-electron chi connectivity index (χ3n) is 5.73. The van der Waals surface area contributed by atoms with E-state index in [2.05, 4.69) is 10.0 Å². The molecule has 3 aromatic carbocycles. The van der Waals surface area contributed by atoms with Gasteiger partial charge in [-0.1, -0.05) is 37.6 Å². The number of nitrogens with one attached hydrogen (secondary N) is 2. The average molecular weight is 492 g/mol. The van der Waals surface area contributed by atoms with Crippen LogP contribution in [-0.2, 0) is 10.0 Å². The number of unbranched alkanes of at least 4 members (excludes halogenated alkanes) is 1. The van der Waals surface area contributed by atoms with Crippen LogP contribution in [0, 0.1) is 6.92 Å². The number of anilines is 2. The summed E-state index contributed by atoms with van der Waals surface area (Å²) in [5.41, 5.74) is 2.10. The Bertz CT molecular complexity index is 1430. The minimum Gasteiger partial charge on any atom is -0.322 e. The molecule has 0 radical (unpaired) electrons. The van der Waals surface area contributed by atoms with Gasteiger partial charge in [0.2, 0.25) is 10.0 Å². The Morgan fingerprint density at radius 2 is 1.66 bits per heavy atom. The molecule has 3 aromatic rings. The van der Waals surface area contributed by atoms with Crippen molar-refractivity contribution in [1.82, 2.24) is 4.72 Å². The SMILES string of the molecule is CCCCNS(=O)(=O)c1cccc(NC(=O)c2ccc3c(c2)C(=O)N(c2ccccc2C)C3=O)c1. The largest absolute Gasteiger partial charge is 0.322 e. The van der Waals surface area contributed by atoms with Crippen LogP contribution in [0.25, 0.3) is 0 Å². The number of aryl methyl sites for hydroxylation is 1. The molecule has 1 aliphatic rings. The van der Waals surface area contributed by atoms with Gasteiger partial charge in [0.25, 0.3) is 17.7 Å². The molecule has 0 spiro atoms. The first-order valence-corrected chi connectivity index (χ1v) is 12.7. The van der Waals surface area contributed by atoms with Crippen LogP contribution in [0.2, 0.25) is 0 Å². The summed E-state index contributed by atoms with van der Waals surface area (Å²) < 4.78 is 27.5. The Kier molecular flexibility index (Phi) is 6.81. The molecule has 0 saturated carbocycles. The monoisotopic (exact) mass is 491 g/mol. The zero-order valence-corrected chi connectivity index (χ0v) is 20.2. The molecular formula is C26H25N3O5S. The zero-order chi connectivity index (χ0) is 25.2. The number of fused-ring (bicyclic) bond motifs is 1. The number of hydrogen-bond donors (Lipinski definition) is 2. The predicted octanol–water partition coefficient (Wildman–Crippen LogP) is 4.13. The van der Waals surface area contributed by atoms with Crippen LogP contribution >= 0.6 is 0 Å². The molecule has 0 aliphatic carbocycles. The highest BCUT2D eigenvalue weighted by Crippen LogP contribution is 2.31. The summed E-state index contributed by atoms with van der Waals surface area (Å²) in [5, 5.41) is 2.67. The van der Waals surface area contributed by atoms with Crippen molar-refractivity contribution < 1.29 is 22.8 Å². The summed E-state index contributed by atoms with van der Waals surface area (Å²) in [6.07, 6.45) is 1.58. The van der Waals surface area contributed by atoms with Gasteiger partial charge >= 0.3 is 0 Å². The standard InChI is InChI=1S/C26H25N3O5S/c1-3-4-14-27-35(33,34)20-10-7-9-19(16-20)28-24(30)18-12-13-21-22(15-18)26(32)29(25(21)31)23-11-6-5-8-17(23)2/h5-13,15-16,27H,3-4,14H2,1-2H3,(H,28,30). The summed E-state index contributed by atoms with van der Waals surface area (Å²) in [6.45, 7) is 4.11. The van der Waals surface area contributed by atoms with Crippen molar-refractivity contribution in [3.8, 4) is 0 Å². The molecule has 4 rings (SSSR count). The molecule has 2 N–H and O–H groups in total. The Morgan fingerprint density at radius 3 is 2.40 bits per heavy atom. The maximum Gasteiger partial charge on any atom is 0.266 e. The molecule has 0 fully saturated rings. The Balaban J connectivity index is 1.55. The van der Waals surface area contributed by atoms with Crippen molar-refractivity contribution in [2.24, 2.45) is 0 Å². The fourth-order valence-corrected chi connectivity index (χ4v) is 4.95. The lowest BCUT2D eigenvalue weighted by atomic mass is 10.1. The molecule has 1 aliphatic heterocycles. The molecular weight excluding hydrogens is 466 g/mol. The second kappa shape index (κ2) is 9.81. The van der Waals surface area contributed by atoms with E-state index in [0.717, 1.165) is 23.3 Å². The number of carbonyl (C=O) groups is 3. The van der Waals surface area contributed by atoms with Crippen LogP contribution in [-0.4, -0.2) is 32.7 Å². The van der Waals surface area contributed by atoms with Gasteiger partial charge in [0.15, 0.2) is 0 Å². The van der Waals surface area contributed by atoms with E-state index in [1.807, 2.05) is 26.0 Å². The van der Waals surface area contributed by atoms with Crippen LogP contribution < -0.4 is 14.9 Å². The lowest BCUT2D eigenvalue weighted by Gasteiger charge is -2.16. The number of benzene rings is 3. The molecule has 0 saturated heterocycles. The topological polar surface area (TPSA) is 113 Å². The summed E-state index contributed by atoms with van der Waals surface area (Å²) >= 11 is 0. The summed E-state index contributed by atoms with van der Waals surface area (Å²) in [4.78, 5) is 40.0. The highest BCUT2D eigenvalue weighted by atomic mass is 32.2. The van der Waals surface area contributed by atoms with Crippen LogP contribution in [0.4, 0.5) is 11.4 Å². The molecule has 0 aromatic heterocycles. The van der Waals surface area contributed by atoms with Gasteiger partial charge in [0, 0.05) is 17.8 Å². The second-order valence-electron chi connectivity index (χ2n) is 8.23. The van der Waals surface area contributed by atoms with Gasteiger partial charge in [-0.05, 0) is 61.4 Å². The quantitative estimate of drug-likeness (QED) is 0.364. The maximum atomic E-state index is 13.1. The molecule has 3 amide bonds. The number of imide groups is 1. The second-order valence-corrected chi connectivity index (χ2v) is 9.99. The minimum absolute atomic E-state index is 0.0370. The third-order valence-corrected chi connectivity index (χ3v) is 7.19. The van der Waals surface area contributed by atoms with E-state index in [4.69, 9.17) is 0 Å². The smallest absolute Gasteiger partial charge is 0.266 e. The third kappa shape index (κ3) is 4.87. The first kappa shape index (κ1) is 24.3.